The van der Waals surface area contributed by atoms with E-state index in [9.17, 15) is 9.90 Å². The normalized spacial score (nSPS) is 11.9. The molecule has 2 rings (SSSR count). The average molecular weight is 288 g/mol. The molecule has 0 aliphatic carbocycles. The third kappa shape index (κ3) is 2.59. The van der Waals surface area contributed by atoms with Crippen LogP contribution in [0.2, 0.25) is 0 Å². The summed E-state index contributed by atoms with van der Waals surface area (Å²) in [6.07, 6.45) is 2.48. The number of nitrogen functional groups attached to an aromatic ring is 1. The van der Waals surface area contributed by atoms with Crippen molar-refractivity contribution in [3.8, 4) is 11.5 Å². The van der Waals surface area contributed by atoms with Gasteiger partial charge in [-0.15, -0.1) is 0 Å². The fourth-order valence-corrected chi connectivity index (χ4v) is 2.31. The van der Waals surface area contributed by atoms with Crippen LogP contribution < -0.4 is 16.0 Å². The van der Waals surface area contributed by atoms with E-state index in [0.29, 0.717) is 35.3 Å². The Hall–Kier alpha value is -2.43. The van der Waals surface area contributed by atoms with Crippen LogP contribution in [0.3, 0.4) is 0 Å². The summed E-state index contributed by atoms with van der Waals surface area (Å²) in [5.41, 5.74) is 6.55. The number of hydrogen-bond acceptors (Lipinski definition) is 4. The summed E-state index contributed by atoms with van der Waals surface area (Å²) in [6.45, 7) is 6.08. The topological polar surface area (TPSA) is 77.5 Å². The number of benzene rings is 1. The molecule has 0 unspecified atom stereocenters. The van der Waals surface area contributed by atoms with Gasteiger partial charge in [0.25, 0.3) is 5.56 Å². The van der Waals surface area contributed by atoms with Gasteiger partial charge in [-0.05, 0) is 38.1 Å². The molecule has 2 aromatic rings. The molecule has 0 saturated carbocycles. The van der Waals surface area contributed by atoms with Crippen LogP contribution >= 0.6 is 0 Å². The summed E-state index contributed by atoms with van der Waals surface area (Å²) < 4.78 is 7.22. The maximum Gasteiger partial charge on any atom is 0.297 e. The van der Waals surface area contributed by atoms with Crippen LogP contribution in [0.1, 0.15) is 27.2 Å². The number of aryl methyl sites for hydroxylation is 1. The Bertz CT molecular complexity index is 760. The summed E-state index contributed by atoms with van der Waals surface area (Å²) in [5, 5.41) is 10.9. The molecular weight excluding hydrogens is 268 g/mol. The second kappa shape index (κ2) is 5.91. The first kappa shape index (κ1) is 15.0. The lowest BCUT2D eigenvalue weighted by molar-refractivity contribution is 0.369. The van der Waals surface area contributed by atoms with Gasteiger partial charge in [-0.25, -0.2) is 0 Å². The fraction of sp³-hybridized carbons (Fsp3) is 0.312. The molecular formula is C16H20N2O3. The van der Waals surface area contributed by atoms with E-state index in [-0.39, 0.29) is 11.5 Å². The highest BCUT2D eigenvalue weighted by molar-refractivity contribution is 5.90. The Morgan fingerprint density at radius 3 is 2.71 bits per heavy atom. The van der Waals surface area contributed by atoms with Gasteiger partial charge in [0.15, 0.2) is 5.75 Å². The van der Waals surface area contributed by atoms with Gasteiger partial charge in [-0.2, -0.15) is 0 Å². The minimum Gasteiger partial charge on any atom is -0.500 e. The Kier molecular flexibility index (Phi) is 4.21. The number of rotatable bonds is 4. The van der Waals surface area contributed by atoms with Crippen LogP contribution in [-0.4, -0.2) is 9.67 Å². The third-order valence-corrected chi connectivity index (χ3v) is 3.44. The van der Waals surface area contributed by atoms with Crippen molar-refractivity contribution in [2.45, 2.75) is 33.7 Å². The molecule has 0 spiro atoms. The van der Waals surface area contributed by atoms with Crippen LogP contribution in [0, 0.1) is 0 Å². The summed E-state index contributed by atoms with van der Waals surface area (Å²) >= 11 is 0. The largest absolute Gasteiger partial charge is 0.500 e. The van der Waals surface area contributed by atoms with Crippen LogP contribution in [-0.2, 0) is 6.54 Å². The Balaban J connectivity index is 2.82. The van der Waals surface area contributed by atoms with Crippen molar-refractivity contribution in [3.05, 3.63) is 40.4 Å². The molecule has 1 heterocycles. The number of nitrogens with zero attached hydrogens (tertiary/aromatic N) is 1. The molecule has 5 heteroatoms. The quantitative estimate of drug-likeness (QED) is 0.669. The van der Waals surface area contributed by atoms with E-state index in [2.05, 4.69) is 0 Å². The van der Waals surface area contributed by atoms with E-state index in [0.717, 1.165) is 0 Å². The first-order valence-electron chi connectivity index (χ1n) is 7.01. The zero-order chi connectivity index (χ0) is 15.6. The molecule has 0 aliphatic heterocycles. The molecule has 1 aromatic carbocycles. The minimum absolute atomic E-state index is 0.189. The van der Waals surface area contributed by atoms with Crippen molar-refractivity contribution < 1.29 is 9.84 Å². The van der Waals surface area contributed by atoms with Crippen LogP contribution in [0.5, 0.6) is 11.5 Å². The first-order chi connectivity index (χ1) is 10.0. The summed E-state index contributed by atoms with van der Waals surface area (Å²) in [5.74, 6) is 0.508. The molecule has 0 aliphatic rings. The smallest absolute Gasteiger partial charge is 0.297 e. The molecule has 5 nitrogen and oxygen atoms in total. The zero-order valence-corrected chi connectivity index (χ0v) is 12.5. The molecule has 21 heavy (non-hydrogen) atoms. The van der Waals surface area contributed by atoms with Gasteiger partial charge in [-0.1, -0.05) is 6.92 Å². The lowest BCUT2D eigenvalue weighted by Crippen LogP contribution is -2.20. The number of aromatic hydroxyl groups is 1. The maximum absolute atomic E-state index is 12.3. The number of pyridine rings is 1. The van der Waals surface area contributed by atoms with Crippen molar-refractivity contribution in [2.24, 2.45) is 0 Å². The number of ether oxygens (including phenoxy) is 1. The SMILES string of the molecule is CC=C(CC)Oc1c(O)c(=O)n(CC)c2cc(N)ccc12. The van der Waals surface area contributed by atoms with E-state index in [1.54, 1.807) is 18.2 Å². The standard InChI is InChI=1S/C16H20N2O3/c1-4-11(5-2)21-15-12-8-7-10(17)9-13(12)18(6-3)16(20)14(15)19/h4,7-9,19H,5-6,17H2,1-3H3. The molecule has 1 aromatic heterocycles. The first-order valence-corrected chi connectivity index (χ1v) is 7.01. The van der Waals surface area contributed by atoms with Crippen LogP contribution in [0.15, 0.2) is 34.8 Å². The van der Waals surface area contributed by atoms with Gasteiger partial charge in [0, 0.05) is 24.0 Å². The van der Waals surface area contributed by atoms with Crippen molar-refractivity contribution in [3.63, 3.8) is 0 Å². The lowest BCUT2D eigenvalue weighted by atomic mass is 10.1. The second-order valence-electron chi connectivity index (χ2n) is 4.71. The van der Waals surface area contributed by atoms with E-state index >= 15 is 0 Å². The Labute approximate surface area is 123 Å². The van der Waals surface area contributed by atoms with Crippen LogP contribution in [0.25, 0.3) is 10.9 Å². The van der Waals surface area contributed by atoms with Gasteiger partial charge >= 0.3 is 0 Å². The fourth-order valence-electron chi connectivity index (χ4n) is 2.31. The number of anilines is 1. The predicted molar refractivity (Wildman–Crippen MR) is 84.6 cm³/mol. The zero-order valence-electron chi connectivity index (χ0n) is 12.5. The van der Waals surface area contributed by atoms with Crippen molar-refractivity contribution >= 4 is 16.6 Å². The maximum atomic E-state index is 12.3. The van der Waals surface area contributed by atoms with E-state index in [1.165, 1.54) is 4.57 Å². The van der Waals surface area contributed by atoms with E-state index in [4.69, 9.17) is 10.5 Å². The number of fused-ring (bicyclic) bond motifs is 1. The molecule has 0 amide bonds. The third-order valence-electron chi connectivity index (χ3n) is 3.44. The highest BCUT2D eigenvalue weighted by atomic mass is 16.5. The van der Waals surface area contributed by atoms with Crippen molar-refractivity contribution in [2.75, 3.05) is 5.73 Å². The second-order valence-corrected chi connectivity index (χ2v) is 4.71. The van der Waals surface area contributed by atoms with E-state index < -0.39 is 5.56 Å². The number of aromatic nitrogens is 1. The van der Waals surface area contributed by atoms with Gasteiger partial charge in [0.1, 0.15) is 0 Å². The summed E-state index contributed by atoms with van der Waals surface area (Å²) in [4.78, 5) is 12.3. The van der Waals surface area contributed by atoms with Gasteiger partial charge < -0.3 is 20.1 Å². The average Bonchev–Trinajstić information content (AvgIpc) is 2.48. The predicted octanol–water partition coefficient (Wildman–Crippen LogP) is 3.00. The number of allylic oxidation sites excluding steroid dienone is 2. The molecule has 3 N–H and O–H groups in total. The van der Waals surface area contributed by atoms with Crippen molar-refractivity contribution in [1.82, 2.24) is 4.57 Å². The van der Waals surface area contributed by atoms with Crippen LogP contribution in [0.4, 0.5) is 5.69 Å². The molecule has 0 fully saturated rings. The van der Waals surface area contributed by atoms with E-state index in [1.807, 2.05) is 26.8 Å². The number of nitrogens with two attached hydrogens (primary N) is 1. The monoisotopic (exact) mass is 288 g/mol. The lowest BCUT2D eigenvalue weighted by Gasteiger charge is -2.16. The van der Waals surface area contributed by atoms with Crippen molar-refractivity contribution in [1.29, 1.82) is 0 Å². The molecule has 0 saturated heterocycles. The molecule has 112 valence electrons. The molecule has 0 radical (unpaired) electrons. The van der Waals surface area contributed by atoms with Gasteiger partial charge in [0.2, 0.25) is 5.75 Å². The van der Waals surface area contributed by atoms with Gasteiger partial charge in [0.05, 0.1) is 11.3 Å². The Morgan fingerprint density at radius 1 is 1.43 bits per heavy atom. The molecule has 0 atom stereocenters. The molecule has 0 bridgehead atoms. The summed E-state index contributed by atoms with van der Waals surface area (Å²) in [6, 6.07) is 5.20. The highest BCUT2D eigenvalue weighted by Crippen LogP contribution is 2.34. The van der Waals surface area contributed by atoms with Gasteiger partial charge in [-0.3, -0.25) is 4.79 Å². The Morgan fingerprint density at radius 2 is 2.14 bits per heavy atom. The summed E-state index contributed by atoms with van der Waals surface area (Å²) in [7, 11) is 0. The minimum atomic E-state index is -0.475. The number of hydrogen-bond donors (Lipinski definition) is 2. The highest BCUT2D eigenvalue weighted by Gasteiger charge is 2.18.